The maximum absolute atomic E-state index is 11.7. The highest BCUT2D eigenvalue weighted by atomic mass is 16.3. The summed E-state index contributed by atoms with van der Waals surface area (Å²) in [5.41, 5.74) is -0.318. The standard InChI is InChI=1S/C19H30N6O2/c1-4-20-18(22-15-19(2,27)16-13-23-24(3)14-16)21-10-6-8-12-25-11-7-5-9-17(25)26/h5,7,9,11,13-14,27H,4,6,8,10,12,15H2,1-3H3,(H2,20,21,22). The second-order valence-electron chi connectivity index (χ2n) is 6.74. The van der Waals surface area contributed by atoms with E-state index in [1.54, 1.807) is 40.7 Å². The van der Waals surface area contributed by atoms with Crippen LogP contribution in [0.2, 0.25) is 0 Å². The third-order valence-electron chi connectivity index (χ3n) is 4.23. The maximum Gasteiger partial charge on any atom is 0.250 e. The Hall–Kier alpha value is -2.61. The Labute approximate surface area is 159 Å². The van der Waals surface area contributed by atoms with Crippen LogP contribution in [0.4, 0.5) is 0 Å². The van der Waals surface area contributed by atoms with Crippen LogP contribution < -0.4 is 16.2 Å². The quantitative estimate of drug-likeness (QED) is 0.343. The summed E-state index contributed by atoms with van der Waals surface area (Å²) in [5.74, 6) is 0.665. The van der Waals surface area contributed by atoms with Gasteiger partial charge in [-0.3, -0.25) is 9.48 Å². The first-order chi connectivity index (χ1) is 12.9. The molecular formula is C19H30N6O2. The average molecular weight is 374 g/mol. The molecule has 2 heterocycles. The van der Waals surface area contributed by atoms with Crippen molar-refractivity contribution in [3.63, 3.8) is 0 Å². The van der Waals surface area contributed by atoms with Gasteiger partial charge in [-0.25, -0.2) is 4.99 Å². The number of hydrogen-bond acceptors (Lipinski definition) is 4. The Morgan fingerprint density at radius 3 is 2.81 bits per heavy atom. The lowest BCUT2D eigenvalue weighted by Crippen LogP contribution is -2.39. The van der Waals surface area contributed by atoms with Gasteiger partial charge in [-0.05, 0) is 32.8 Å². The fourth-order valence-corrected chi connectivity index (χ4v) is 2.62. The molecule has 8 nitrogen and oxygen atoms in total. The summed E-state index contributed by atoms with van der Waals surface area (Å²) in [4.78, 5) is 16.2. The van der Waals surface area contributed by atoms with Crippen LogP contribution in [0, 0.1) is 0 Å². The van der Waals surface area contributed by atoms with Crippen LogP contribution in [-0.4, -0.2) is 45.0 Å². The molecule has 0 aliphatic heterocycles. The molecule has 1 atom stereocenters. The molecule has 0 aliphatic rings. The van der Waals surface area contributed by atoms with Crippen molar-refractivity contribution >= 4 is 5.96 Å². The Morgan fingerprint density at radius 2 is 2.15 bits per heavy atom. The SMILES string of the molecule is CCNC(=NCC(C)(O)c1cnn(C)c1)NCCCCn1ccccc1=O. The molecule has 0 aromatic carbocycles. The summed E-state index contributed by atoms with van der Waals surface area (Å²) < 4.78 is 3.37. The van der Waals surface area contributed by atoms with Gasteiger partial charge in [0.25, 0.3) is 0 Å². The van der Waals surface area contributed by atoms with E-state index in [2.05, 4.69) is 20.7 Å². The summed E-state index contributed by atoms with van der Waals surface area (Å²) in [6.07, 6.45) is 7.05. The van der Waals surface area contributed by atoms with Gasteiger partial charge in [0.15, 0.2) is 5.96 Å². The highest BCUT2D eigenvalue weighted by Crippen LogP contribution is 2.19. The van der Waals surface area contributed by atoms with E-state index >= 15 is 0 Å². The Balaban J connectivity index is 1.81. The smallest absolute Gasteiger partial charge is 0.250 e. The zero-order valence-corrected chi connectivity index (χ0v) is 16.4. The molecule has 0 radical (unpaired) electrons. The van der Waals surface area contributed by atoms with Crippen molar-refractivity contribution < 1.29 is 5.11 Å². The third kappa shape index (κ3) is 6.56. The predicted molar refractivity (Wildman–Crippen MR) is 107 cm³/mol. The molecule has 0 amide bonds. The lowest BCUT2D eigenvalue weighted by atomic mass is 10.0. The van der Waals surface area contributed by atoms with Gasteiger partial charge in [0.05, 0.1) is 12.7 Å². The van der Waals surface area contributed by atoms with Gasteiger partial charge in [-0.2, -0.15) is 5.10 Å². The molecule has 2 aromatic rings. The van der Waals surface area contributed by atoms with Crippen molar-refractivity contribution in [3.05, 3.63) is 52.7 Å². The Bertz CT molecular complexity index is 793. The fourth-order valence-electron chi connectivity index (χ4n) is 2.62. The highest BCUT2D eigenvalue weighted by molar-refractivity contribution is 5.79. The number of aryl methyl sites for hydroxylation is 2. The minimum absolute atomic E-state index is 0.0259. The lowest BCUT2D eigenvalue weighted by molar-refractivity contribution is 0.0672. The van der Waals surface area contributed by atoms with Crippen LogP contribution in [0.3, 0.4) is 0 Å². The lowest BCUT2D eigenvalue weighted by Gasteiger charge is -2.20. The number of aliphatic imine (C=N–C) groups is 1. The molecule has 148 valence electrons. The molecule has 0 fully saturated rings. The first kappa shape index (κ1) is 20.7. The molecule has 3 N–H and O–H groups in total. The number of rotatable bonds is 9. The fraction of sp³-hybridized carbons (Fsp3) is 0.526. The molecule has 2 aromatic heterocycles. The molecule has 0 aliphatic carbocycles. The van der Waals surface area contributed by atoms with Crippen LogP contribution in [-0.2, 0) is 19.2 Å². The largest absolute Gasteiger partial charge is 0.383 e. The monoisotopic (exact) mass is 374 g/mol. The van der Waals surface area contributed by atoms with Gasteiger partial charge in [0.1, 0.15) is 5.60 Å². The number of pyridine rings is 1. The van der Waals surface area contributed by atoms with Gasteiger partial charge in [0, 0.05) is 50.7 Å². The number of unbranched alkanes of at least 4 members (excludes halogenated alkanes) is 1. The molecule has 2 rings (SSSR count). The van der Waals surface area contributed by atoms with Crippen molar-refractivity contribution in [1.29, 1.82) is 0 Å². The van der Waals surface area contributed by atoms with E-state index in [0.717, 1.165) is 31.5 Å². The van der Waals surface area contributed by atoms with E-state index in [-0.39, 0.29) is 12.1 Å². The number of aliphatic hydroxyl groups is 1. The van der Waals surface area contributed by atoms with Crippen LogP contribution in [0.5, 0.6) is 0 Å². The van der Waals surface area contributed by atoms with E-state index in [0.29, 0.717) is 12.5 Å². The van der Waals surface area contributed by atoms with Gasteiger partial charge in [-0.15, -0.1) is 0 Å². The van der Waals surface area contributed by atoms with Crippen molar-refractivity contribution in [2.75, 3.05) is 19.6 Å². The van der Waals surface area contributed by atoms with Gasteiger partial charge >= 0.3 is 0 Å². The van der Waals surface area contributed by atoms with Gasteiger partial charge in [-0.1, -0.05) is 6.07 Å². The second kappa shape index (κ2) is 9.91. The second-order valence-corrected chi connectivity index (χ2v) is 6.74. The van der Waals surface area contributed by atoms with E-state index in [4.69, 9.17) is 0 Å². The molecule has 0 spiro atoms. The minimum atomic E-state index is -1.08. The summed E-state index contributed by atoms with van der Waals surface area (Å²) in [6.45, 7) is 6.13. The molecule has 0 bridgehead atoms. The zero-order valence-electron chi connectivity index (χ0n) is 16.4. The first-order valence-corrected chi connectivity index (χ1v) is 9.31. The van der Waals surface area contributed by atoms with Crippen molar-refractivity contribution in [2.24, 2.45) is 12.0 Å². The van der Waals surface area contributed by atoms with Crippen molar-refractivity contribution in [3.8, 4) is 0 Å². The Morgan fingerprint density at radius 1 is 1.33 bits per heavy atom. The van der Waals surface area contributed by atoms with E-state index in [1.807, 2.05) is 26.2 Å². The average Bonchev–Trinajstić information content (AvgIpc) is 3.08. The topological polar surface area (TPSA) is 96.5 Å². The zero-order chi connectivity index (χ0) is 19.7. The normalized spacial score (nSPS) is 14.0. The molecule has 1 unspecified atom stereocenters. The molecular weight excluding hydrogens is 344 g/mol. The van der Waals surface area contributed by atoms with Crippen LogP contribution in [0.25, 0.3) is 0 Å². The molecule has 8 heteroatoms. The number of aromatic nitrogens is 3. The predicted octanol–water partition coefficient (Wildman–Crippen LogP) is 0.825. The maximum atomic E-state index is 11.7. The summed E-state index contributed by atoms with van der Waals surface area (Å²) in [5, 5.41) is 21.2. The molecule has 0 saturated heterocycles. The number of nitrogens with one attached hydrogen (secondary N) is 2. The van der Waals surface area contributed by atoms with E-state index in [1.165, 1.54) is 0 Å². The van der Waals surface area contributed by atoms with E-state index in [9.17, 15) is 9.90 Å². The molecule has 0 saturated carbocycles. The number of nitrogens with zero attached hydrogens (tertiary/aromatic N) is 4. The summed E-state index contributed by atoms with van der Waals surface area (Å²) in [7, 11) is 1.82. The molecule has 27 heavy (non-hydrogen) atoms. The van der Waals surface area contributed by atoms with E-state index < -0.39 is 5.60 Å². The van der Waals surface area contributed by atoms with Crippen molar-refractivity contribution in [2.45, 2.75) is 38.8 Å². The summed E-state index contributed by atoms with van der Waals surface area (Å²) in [6, 6.07) is 5.19. The van der Waals surface area contributed by atoms with Crippen LogP contribution in [0.1, 0.15) is 32.3 Å². The van der Waals surface area contributed by atoms with Gasteiger partial charge in [0.2, 0.25) is 5.56 Å². The van der Waals surface area contributed by atoms with Crippen molar-refractivity contribution in [1.82, 2.24) is 25.0 Å². The third-order valence-corrected chi connectivity index (χ3v) is 4.23. The highest BCUT2D eigenvalue weighted by Gasteiger charge is 2.24. The van der Waals surface area contributed by atoms with Gasteiger partial charge < -0.3 is 20.3 Å². The number of hydrogen-bond donors (Lipinski definition) is 3. The van der Waals surface area contributed by atoms with Crippen LogP contribution in [0.15, 0.2) is 46.6 Å². The number of guanidine groups is 1. The first-order valence-electron chi connectivity index (χ1n) is 9.31. The minimum Gasteiger partial charge on any atom is -0.383 e. The van der Waals surface area contributed by atoms with Crippen LogP contribution >= 0.6 is 0 Å². The summed E-state index contributed by atoms with van der Waals surface area (Å²) >= 11 is 0. The Kier molecular flexibility index (Phi) is 7.60.